The molecule has 1 aromatic carbocycles. The van der Waals surface area contributed by atoms with Gasteiger partial charge in [-0.1, -0.05) is 30.4 Å². The largest absolute Gasteiger partial charge is 0.497 e. The number of carbonyl (C=O) groups is 2. The molecule has 26 heavy (non-hydrogen) atoms. The van der Waals surface area contributed by atoms with E-state index in [-0.39, 0.29) is 12.6 Å². The van der Waals surface area contributed by atoms with Gasteiger partial charge in [-0.05, 0) is 51.3 Å². The number of ether oxygens (including phenoxy) is 3. The van der Waals surface area contributed by atoms with E-state index in [1.165, 1.54) is 6.08 Å². The Balaban J connectivity index is 2.18. The zero-order chi connectivity index (χ0) is 19.4. The Morgan fingerprint density at radius 3 is 2.35 bits per heavy atom. The van der Waals surface area contributed by atoms with Crippen molar-refractivity contribution in [2.24, 2.45) is 0 Å². The van der Waals surface area contributed by atoms with Gasteiger partial charge in [0, 0.05) is 12.5 Å². The average Bonchev–Trinajstić information content (AvgIpc) is 2.57. The zero-order valence-corrected chi connectivity index (χ0v) is 16.0. The topological polar surface area (TPSA) is 61.8 Å². The molecule has 0 aliphatic carbocycles. The maximum absolute atomic E-state index is 11.6. The van der Waals surface area contributed by atoms with Gasteiger partial charge < -0.3 is 14.2 Å². The Bertz CT molecular complexity index is 621. The molecule has 0 atom stereocenters. The smallest absolute Gasteiger partial charge is 0.330 e. The van der Waals surface area contributed by atoms with Crippen molar-refractivity contribution < 1.29 is 23.8 Å². The second-order valence-corrected chi connectivity index (χ2v) is 6.70. The minimum absolute atomic E-state index is 0.229. The molecule has 5 heteroatoms. The Morgan fingerprint density at radius 2 is 1.73 bits per heavy atom. The summed E-state index contributed by atoms with van der Waals surface area (Å²) in [5, 5.41) is 0. The van der Waals surface area contributed by atoms with Crippen LogP contribution in [0.4, 0.5) is 0 Å². The van der Waals surface area contributed by atoms with Gasteiger partial charge in [0.05, 0.1) is 13.7 Å². The third kappa shape index (κ3) is 10.3. The van der Waals surface area contributed by atoms with E-state index in [1.54, 1.807) is 19.3 Å². The maximum atomic E-state index is 11.6. The lowest BCUT2D eigenvalue weighted by atomic mass is 10.2. The molecule has 142 valence electrons. The second kappa shape index (κ2) is 11.1. The quantitative estimate of drug-likeness (QED) is 0.284. The van der Waals surface area contributed by atoms with E-state index in [0.29, 0.717) is 19.3 Å². The fraction of sp³-hybridized carbons (Fsp3) is 0.429. The number of esters is 2. The highest BCUT2D eigenvalue weighted by molar-refractivity contribution is 5.82. The first-order chi connectivity index (χ1) is 12.3. The van der Waals surface area contributed by atoms with Crippen LogP contribution in [0.1, 0.15) is 45.6 Å². The summed E-state index contributed by atoms with van der Waals surface area (Å²) in [6, 6.07) is 7.59. The molecule has 0 amide bonds. The lowest BCUT2D eigenvalue weighted by Crippen LogP contribution is -2.23. The summed E-state index contributed by atoms with van der Waals surface area (Å²) in [5.74, 6) is 0.168. The molecular formula is C21H28O5. The van der Waals surface area contributed by atoms with Gasteiger partial charge in [0.25, 0.3) is 0 Å². The summed E-state index contributed by atoms with van der Waals surface area (Å²) < 4.78 is 15.4. The van der Waals surface area contributed by atoms with E-state index in [0.717, 1.165) is 11.3 Å². The van der Waals surface area contributed by atoms with Crippen LogP contribution < -0.4 is 4.74 Å². The monoisotopic (exact) mass is 360 g/mol. The van der Waals surface area contributed by atoms with E-state index in [9.17, 15) is 9.59 Å². The van der Waals surface area contributed by atoms with Crippen molar-refractivity contribution >= 4 is 18.0 Å². The molecule has 0 spiro atoms. The van der Waals surface area contributed by atoms with Crippen LogP contribution >= 0.6 is 0 Å². The molecule has 0 radical (unpaired) electrons. The fourth-order valence-corrected chi connectivity index (χ4v) is 2.00. The van der Waals surface area contributed by atoms with E-state index in [2.05, 4.69) is 0 Å². The van der Waals surface area contributed by atoms with E-state index >= 15 is 0 Å². The molecule has 0 saturated carbocycles. The van der Waals surface area contributed by atoms with Crippen LogP contribution in [0.3, 0.4) is 0 Å². The summed E-state index contributed by atoms with van der Waals surface area (Å²) in [4.78, 5) is 23.1. The molecule has 0 aliphatic heterocycles. The first kappa shape index (κ1) is 21.5. The van der Waals surface area contributed by atoms with Gasteiger partial charge in [-0.2, -0.15) is 0 Å². The van der Waals surface area contributed by atoms with Crippen molar-refractivity contribution in [2.45, 2.75) is 45.6 Å². The van der Waals surface area contributed by atoms with Gasteiger partial charge in [0.2, 0.25) is 0 Å². The Kier molecular flexibility index (Phi) is 9.20. The van der Waals surface area contributed by atoms with Crippen LogP contribution in [0.2, 0.25) is 0 Å². The molecule has 0 unspecified atom stereocenters. The van der Waals surface area contributed by atoms with Crippen molar-refractivity contribution in [3.05, 3.63) is 48.1 Å². The number of hydrogen-bond donors (Lipinski definition) is 0. The molecular weight excluding hydrogens is 332 g/mol. The summed E-state index contributed by atoms with van der Waals surface area (Å²) in [6.45, 7) is 5.79. The highest BCUT2D eigenvalue weighted by Crippen LogP contribution is 2.12. The highest BCUT2D eigenvalue weighted by Gasteiger charge is 2.15. The van der Waals surface area contributed by atoms with Gasteiger partial charge in [-0.3, -0.25) is 4.79 Å². The van der Waals surface area contributed by atoms with E-state index < -0.39 is 11.6 Å². The lowest BCUT2D eigenvalue weighted by Gasteiger charge is -2.19. The Hall–Kier alpha value is -2.56. The average molecular weight is 360 g/mol. The van der Waals surface area contributed by atoms with Crippen LogP contribution in [-0.2, 0) is 19.1 Å². The minimum Gasteiger partial charge on any atom is -0.497 e. The number of allylic oxidation sites excluding steroid dienone is 2. The molecule has 0 fully saturated rings. The summed E-state index contributed by atoms with van der Waals surface area (Å²) in [6.07, 6.45) is 8.23. The van der Waals surface area contributed by atoms with Gasteiger partial charge in [-0.15, -0.1) is 0 Å². The standard InChI is InChI=1S/C21H28O5/c1-21(2,3)26-20(23)11-7-8-16-25-19(22)10-6-5-9-17-12-14-18(24-4)15-13-17/h5-6,9-10,12-15H,7-8,11,16H2,1-4H3/b9-5+,10-6+. The second-order valence-electron chi connectivity index (χ2n) is 6.70. The van der Waals surface area contributed by atoms with Crippen LogP contribution in [0.25, 0.3) is 6.08 Å². The molecule has 0 aliphatic rings. The molecule has 1 aromatic rings. The number of benzene rings is 1. The van der Waals surface area contributed by atoms with Crippen LogP contribution in [0.5, 0.6) is 5.75 Å². The molecule has 0 aromatic heterocycles. The Morgan fingerprint density at radius 1 is 1.04 bits per heavy atom. The molecule has 5 nitrogen and oxygen atoms in total. The molecule has 0 bridgehead atoms. The van der Waals surface area contributed by atoms with Crippen molar-refractivity contribution in [1.82, 2.24) is 0 Å². The highest BCUT2D eigenvalue weighted by atomic mass is 16.6. The third-order valence-corrected chi connectivity index (χ3v) is 3.19. The summed E-state index contributed by atoms with van der Waals surface area (Å²) in [5.41, 5.74) is 0.541. The van der Waals surface area contributed by atoms with Crippen molar-refractivity contribution in [3.63, 3.8) is 0 Å². The summed E-state index contributed by atoms with van der Waals surface area (Å²) in [7, 11) is 1.62. The molecule has 1 rings (SSSR count). The zero-order valence-electron chi connectivity index (χ0n) is 16.0. The first-order valence-electron chi connectivity index (χ1n) is 8.67. The van der Waals surface area contributed by atoms with Crippen LogP contribution in [-0.4, -0.2) is 31.3 Å². The number of methoxy groups -OCH3 is 1. The number of carbonyl (C=O) groups excluding carboxylic acids is 2. The number of rotatable bonds is 9. The SMILES string of the molecule is COc1ccc(/C=C/C=C/C(=O)OCCCCC(=O)OC(C)(C)C)cc1. The van der Waals surface area contributed by atoms with Gasteiger partial charge in [-0.25, -0.2) is 4.79 Å². The maximum Gasteiger partial charge on any atom is 0.330 e. The lowest BCUT2D eigenvalue weighted by molar-refractivity contribution is -0.154. The minimum atomic E-state index is -0.465. The van der Waals surface area contributed by atoms with E-state index in [1.807, 2.05) is 51.1 Å². The molecule has 0 heterocycles. The van der Waals surface area contributed by atoms with Crippen molar-refractivity contribution in [1.29, 1.82) is 0 Å². The first-order valence-corrected chi connectivity index (χ1v) is 8.67. The number of unbranched alkanes of at least 4 members (excludes halogenated alkanes) is 1. The fourth-order valence-electron chi connectivity index (χ4n) is 2.00. The van der Waals surface area contributed by atoms with Crippen molar-refractivity contribution in [3.8, 4) is 5.75 Å². The molecule has 0 saturated heterocycles. The normalized spacial score (nSPS) is 11.7. The van der Waals surface area contributed by atoms with Crippen LogP contribution in [0, 0.1) is 0 Å². The Labute approximate surface area is 155 Å². The third-order valence-electron chi connectivity index (χ3n) is 3.19. The summed E-state index contributed by atoms with van der Waals surface area (Å²) >= 11 is 0. The van der Waals surface area contributed by atoms with Crippen molar-refractivity contribution in [2.75, 3.05) is 13.7 Å². The number of hydrogen-bond acceptors (Lipinski definition) is 5. The van der Waals surface area contributed by atoms with Crippen LogP contribution in [0.15, 0.2) is 42.5 Å². The van der Waals surface area contributed by atoms with Gasteiger partial charge in [0.15, 0.2) is 0 Å². The van der Waals surface area contributed by atoms with E-state index in [4.69, 9.17) is 14.2 Å². The van der Waals surface area contributed by atoms with Gasteiger partial charge >= 0.3 is 11.9 Å². The molecule has 0 N–H and O–H groups in total. The predicted octanol–water partition coefficient (Wildman–Crippen LogP) is 4.32. The van der Waals surface area contributed by atoms with Gasteiger partial charge in [0.1, 0.15) is 11.4 Å². The predicted molar refractivity (Wildman–Crippen MR) is 102 cm³/mol.